The predicted molar refractivity (Wildman–Crippen MR) is 96.1 cm³/mol. The summed E-state index contributed by atoms with van der Waals surface area (Å²) in [5.41, 5.74) is 1.04. The molecule has 0 aliphatic carbocycles. The molecule has 0 aliphatic rings. The first-order valence-corrected chi connectivity index (χ1v) is 8.52. The number of aliphatic hydroxyl groups is 1. The van der Waals surface area contributed by atoms with Crippen molar-refractivity contribution in [3.05, 3.63) is 23.5 Å². The van der Waals surface area contributed by atoms with Crippen molar-refractivity contribution < 1.29 is 14.6 Å². The zero-order valence-electron chi connectivity index (χ0n) is 16.3. The van der Waals surface area contributed by atoms with Gasteiger partial charge in [-0.25, -0.2) is 4.79 Å². The average Bonchev–Trinajstić information content (AvgIpc) is 2.35. The third-order valence-electron chi connectivity index (χ3n) is 3.61. The van der Waals surface area contributed by atoms with Gasteiger partial charge in [0.05, 0.1) is 6.10 Å². The number of ether oxygens (including phenoxy) is 1. The van der Waals surface area contributed by atoms with E-state index in [0.717, 1.165) is 5.57 Å². The average molecular weight is 325 g/mol. The second-order valence-corrected chi connectivity index (χ2v) is 7.35. The SMILES string of the molecule is CC(C)=C/C(=C/C(C)C(O)C(C)C)OC(=O)N(C(C)C)C(C)C. The highest BCUT2D eigenvalue weighted by Gasteiger charge is 2.23. The van der Waals surface area contributed by atoms with Crippen molar-refractivity contribution in [2.75, 3.05) is 0 Å². The zero-order valence-corrected chi connectivity index (χ0v) is 16.3. The molecule has 23 heavy (non-hydrogen) atoms. The van der Waals surface area contributed by atoms with Gasteiger partial charge in [0.2, 0.25) is 0 Å². The number of allylic oxidation sites excluding steroid dienone is 2. The van der Waals surface area contributed by atoms with Gasteiger partial charge < -0.3 is 14.7 Å². The van der Waals surface area contributed by atoms with Crippen molar-refractivity contribution in [3.63, 3.8) is 0 Å². The Kier molecular flexibility index (Phi) is 9.21. The number of carbonyl (C=O) groups is 1. The Morgan fingerprint density at radius 1 is 1.00 bits per heavy atom. The van der Waals surface area contributed by atoms with Crippen LogP contribution < -0.4 is 0 Å². The molecule has 0 bridgehead atoms. The van der Waals surface area contributed by atoms with Gasteiger partial charge in [-0.2, -0.15) is 0 Å². The topological polar surface area (TPSA) is 49.8 Å². The zero-order chi connectivity index (χ0) is 18.3. The Balaban J connectivity index is 5.36. The van der Waals surface area contributed by atoms with Gasteiger partial charge in [-0.15, -0.1) is 0 Å². The van der Waals surface area contributed by atoms with E-state index in [9.17, 15) is 9.90 Å². The van der Waals surface area contributed by atoms with Gasteiger partial charge in [-0.1, -0.05) is 26.3 Å². The van der Waals surface area contributed by atoms with Crippen LogP contribution in [0, 0.1) is 11.8 Å². The minimum Gasteiger partial charge on any atom is -0.411 e. The summed E-state index contributed by atoms with van der Waals surface area (Å²) in [6, 6.07) is 0.128. The van der Waals surface area contributed by atoms with Crippen molar-refractivity contribution in [2.45, 2.75) is 80.5 Å². The first-order valence-electron chi connectivity index (χ1n) is 8.52. The molecule has 4 heteroatoms. The number of hydrogen-bond acceptors (Lipinski definition) is 3. The van der Waals surface area contributed by atoms with Crippen LogP contribution in [0.25, 0.3) is 0 Å². The Morgan fingerprint density at radius 3 is 1.83 bits per heavy atom. The first kappa shape index (κ1) is 21.7. The van der Waals surface area contributed by atoms with Crippen molar-refractivity contribution in [1.82, 2.24) is 4.90 Å². The minimum absolute atomic E-state index is 0.0640. The molecule has 0 spiro atoms. The standard InChI is InChI=1S/C19H35NO3/c1-12(2)10-17(11-16(9)18(21)13(3)4)23-19(22)20(14(5)6)15(7)8/h10-11,13-16,18,21H,1-9H3/b17-11-. The van der Waals surface area contributed by atoms with Gasteiger partial charge in [0.1, 0.15) is 5.76 Å². The Labute approximate surface area is 142 Å². The second kappa shape index (κ2) is 9.76. The smallest absolute Gasteiger partial charge is 0.411 e. The highest BCUT2D eigenvalue weighted by atomic mass is 16.6. The van der Waals surface area contributed by atoms with Crippen molar-refractivity contribution in [3.8, 4) is 0 Å². The molecule has 0 aliphatic heterocycles. The van der Waals surface area contributed by atoms with E-state index in [-0.39, 0.29) is 30.0 Å². The fourth-order valence-corrected chi connectivity index (χ4v) is 2.53. The molecule has 0 heterocycles. The summed E-state index contributed by atoms with van der Waals surface area (Å²) in [4.78, 5) is 14.2. The van der Waals surface area contributed by atoms with E-state index in [0.29, 0.717) is 5.76 Å². The maximum absolute atomic E-state index is 12.5. The Bertz CT molecular complexity index is 424. The molecule has 1 N–H and O–H groups in total. The van der Waals surface area contributed by atoms with Crippen LogP contribution in [-0.2, 0) is 4.74 Å². The number of rotatable bonds is 7. The summed E-state index contributed by atoms with van der Waals surface area (Å²) in [6.07, 6.45) is 2.83. The van der Waals surface area contributed by atoms with Crippen molar-refractivity contribution in [2.24, 2.45) is 11.8 Å². The minimum atomic E-state index is -0.472. The molecule has 0 saturated heterocycles. The summed E-state index contributed by atoms with van der Waals surface area (Å²) in [7, 11) is 0. The molecule has 0 aromatic rings. The highest BCUT2D eigenvalue weighted by molar-refractivity contribution is 5.70. The van der Waals surface area contributed by atoms with E-state index in [1.54, 1.807) is 4.90 Å². The molecule has 0 fully saturated rings. The third kappa shape index (κ3) is 7.69. The summed E-state index contributed by atoms with van der Waals surface area (Å²) in [5.74, 6) is 0.543. The number of carbonyl (C=O) groups excluding carboxylic acids is 1. The van der Waals surface area contributed by atoms with Crippen molar-refractivity contribution >= 4 is 6.09 Å². The van der Waals surface area contributed by atoms with Crippen LogP contribution in [0.15, 0.2) is 23.5 Å². The fraction of sp³-hybridized carbons (Fsp3) is 0.737. The molecule has 2 atom stereocenters. The van der Waals surface area contributed by atoms with Gasteiger partial charge in [0.15, 0.2) is 0 Å². The summed E-state index contributed by atoms with van der Waals surface area (Å²) in [6.45, 7) is 17.7. The fourth-order valence-electron chi connectivity index (χ4n) is 2.53. The summed E-state index contributed by atoms with van der Waals surface area (Å²) >= 11 is 0. The summed E-state index contributed by atoms with van der Waals surface area (Å²) in [5, 5.41) is 10.2. The van der Waals surface area contributed by atoms with Gasteiger partial charge >= 0.3 is 6.09 Å². The molecule has 0 aromatic carbocycles. The lowest BCUT2D eigenvalue weighted by molar-refractivity contribution is 0.0858. The molecule has 0 aromatic heterocycles. The van der Waals surface area contributed by atoms with Gasteiger partial charge in [-0.05, 0) is 59.6 Å². The molecular weight excluding hydrogens is 290 g/mol. The van der Waals surface area contributed by atoms with E-state index in [1.165, 1.54) is 0 Å². The van der Waals surface area contributed by atoms with E-state index in [2.05, 4.69) is 0 Å². The van der Waals surface area contributed by atoms with E-state index >= 15 is 0 Å². The maximum atomic E-state index is 12.5. The number of amides is 1. The lowest BCUT2D eigenvalue weighted by Crippen LogP contribution is -2.42. The molecule has 0 saturated carbocycles. The lowest BCUT2D eigenvalue weighted by atomic mass is 9.94. The van der Waals surface area contributed by atoms with Gasteiger partial charge in [0.25, 0.3) is 0 Å². The van der Waals surface area contributed by atoms with Crippen LogP contribution in [0.1, 0.15) is 62.3 Å². The quantitative estimate of drug-likeness (QED) is 0.543. The molecule has 4 nitrogen and oxygen atoms in total. The Hall–Kier alpha value is -1.29. The second-order valence-electron chi connectivity index (χ2n) is 7.35. The number of aliphatic hydroxyl groups excluding tert-OH is 1. The molecule has 0 radical (unpaired) electrons. The van der Waals surface area contributed by atoms with Crippen molar-refractivity contribution in [1.29, 1.82) is 0 Å². The number of hydrogen-bond donors (Lipinski definition) is 1. The van der Waals surface area contributed by atoms with Gasteiger partial charge in [0, 0.05) is 18.0 Å². The largest absolute Gasteiger partial charge is 0.415 e. The monoisotopic (exact) mass is 325 g/mol. The Morgan fingerprint density at radius 2 is 1.48 bits per heavy atom. The highest BCUT2D eigenvalue weighted by Crippen LogP contribution is 2.19. The van der Waals surface area contributed by atoms with E-state index in [1.807, 2.05) is 74.5 Å². The van der Waals surface area contributed by atoms with Crippen LogP contribution in [0.2, 0.25) is 0 Å². The van der Waals surface area contributed by atoms with Gasteiger partial charge in [-0.3, -0.25) is 0 Å². The summed E-state index contributed by atoms with van der Waals surface area (Å²) < 4.78 is 5.61. The maximum Gasteiger partial charge on any atom is 0.415 e. The number of nitrogens with zero attached hydrogens (tertiary/aromatic N) is 1. The lowest BCUT2D eigenvalue weighted by Gasteiger charge is -2.30. The normalized spacial score (nSPS) is 14.9. The molecule has 1 amide bonds. The molecule has 2 unspecified atom stereocenters. The predicted octanol–water partition coefficient (Wildman–Crippen LogP) is 4.74. The molecule has 134 valence electrons. The van der Waals surface area contributed by atoms with E-state index < -0.39 is 6.10 Å². The van der Waals surface area contributed by atoms with Crippen LogP contribution in [0.3, 0.4) is 0 Å². The van der Waals surface area contributed by atoms with Crippen LogP contribution in [0.5, 0.6) is 0 Å². The first-order chi connectivity index (χ1) is 10.5. The molecular formula is C19H35NO3. The van der Waals surface area contributed by atoms with Crippen LogP contribution in [0.4, 0.5) is 4.79 Å². The van der Waals surface area contributed by atoms with E-state index in [4.69, 9.17) is 4.74 Å². The third-order valence-corrected chi connectivity index (χ3v) is 3.61. The van der Waals surface area contributed by atoms with Crippen LogP contribution >= 0.6 is 0 Å². The molecule has 0 rings (SSSR count). The van der Waals surface area contributed by atoms with Crippen LogP contribution in [-0.4, -0.2) is 34.3 Å².